The number of hydrogen-bond acceptors (Lipinski definition) is 6. The quantitative estimate of drug-likeness (QED) is 0.251. The van der Waals surface area contributed by atoms with Crippen molar-refractivity contribution in [1.82, 2.24) is 5.43 Å². The van der Waals surface area contributed by atoms with Gasteiger partial charge in [0, 0.05) is 4.88 Å². The lowest BCUT2D eigenvalue weighted by molar-refractivity contribution is -0.136. The number of nitrogens with one attached hydrogen (secondary N) is 2. The fourth-order valence-corrected chi connectivity index (χ4v) is 4.55. The number of aryl methyl sites for hydroxylation is 2. The normalized spacial score (nSPS) is 13.4. The Kier molecular flexibility index (Phi) is 7.35. The molecule has 0 radical (unpaired) electrons. The lowest BCUT2D eigenvalue weighted by Crippen LogP contribution is -2.32. The number of amides is 2. The summed E-state index contributed by atoms with van der Waals surface area (Å²) in [6.45, 7) is 3.95. The van der Waals surface area contributed by atoms with Crippen molar-refractivity contribution in [3.63, 3.8) is 0 Å². The molecule has 0 fully saturated rings. The van der Waals surface area contributed by atoms with Gasteiger partial charge in [0.1, 0.15) is 5.00 Å². The van der Waals surface area contributed by atoms with Crippen LogP contribution in [0.1, 0.15) is 58.1 Å². The van der Waals surface area contributed by atoms with Gasteiger partial charge in [-0.2, -0.15) is 5.10 Å². The molecular formula is C22H25N3O4S. The van der Waals surface area contributed by atoms with E-state index in [0.29, 0.717) is 10.6 Å². The summed E-state index contributed by atoms with van der Waals surface area (Å²) in [5.74, 6) is -2.25. The van der Waals surface area contributed by atoms with Crippen LogP contribution in [0.5, 0.6) is 0 Å². The first kappa shape index (κ1) is 21.7. The van der Waals surface area contributed by atoms with Gasteiger partial charge in [0.2, 0.25) is 0 Å². The van der Waals surface area contributed by atoms with Crippen LogP contribution in [0.2, 0.25) is 0 Å². The first-order valence-electron chi connectivity index (χ1n) is 10.0. The first-order chi connectivity index (χ1) is 14.5. The Morgan fingerprint density at radius 2 is 1.83 bits per heavy atom. The molecule has 3 rings (SSSR count). The highest BCUT2D eigenvalue weighted by molar-refractivity contribution is 7.17. The minimum absolute atomic E-state index is 0.241. The van der Waals surface area contributed by atoms with Crippen LogP contribution in [-0.4, -0.2) is 30.6 Å². The van der Waals surface area contributed by atoms with Crippen LogP contribution in [0.25, 0.3) is 0 Å². The molecule has 7 nitrogen and oxygen atoms in total. The van der Waals surface area contributed by atoms with E-state index in [2.05, 4.69) is 15.8 Å². The minimum Gasteiger partial charge on any atom is -0.462 e. The summed E-state index contributed by atoms with van der Waals surface area (Å²) in [5.41, 5.74) is 5.44. The third kappa shape index (κ3) is 5.33. The van der Waals surface area contributed by atoms with E-state index in [9.17, 15) is 14.4 Å². The first-order valence-corrected chi connectivity index (χ1v) is 10.8. The molecule has 0 saturated carbocycles. The maximum absolute atomic E-state index is 12.5. The van der Waals surface area contributed by atoms with Crippen LogP contribution in [0, 0.1) is 6.92 Å². The monoisotopic (exact) mass is 427 g/mol. The van der Waals surface area contributed by atoms with Crippen molar-refractivity contribution in [2.24, 2.45) is 5.10 Å². The van der Waals surface area contributed by atoms with Gasteiger partial charge in [-0.15, -0.1) is 11.3 Å². The molecule has 0 unspecified atom stereocenters. The Labute approximate surface area is 179 Å². The van der Waals surface area contributed by atoms with Crippen molar-refractivity contribution >= 4 is 40.3 Å². The molecule has 2 amide bonds. The van der Waals surface area contributed by atoms with Crippen molar-refractivity contribution in [3.05, 3.63) is 51.4 Å². The van der Waals surface area contributed by atoms with Crippen LogP contribution in [0.3, 0.4) is 0 Å². The van der Waals surface area contributed by atoms with E-state index < -0.39 is 17.8 Å². The summed E-state index contributed by atoms with van der Waals surface area (Å²) in [7, 11) is 0. The molecule has 0 saturated heterocycles. The number of rotatable bonds is 5. The molecule has 1 aliphatic rings. The second-order valence-electron chi connectivity index (χ2n) is 7.05. The van der Waals surface area contributed by atoms with Crippen LogP contribution in [0.15, 0.2) is 29.4 Å². The van der Waals surface area contributed by atoms with Gasteiger partial charge in [-0.3, -0.25) is 9.59 Å². The highest BCUT2D eigenvalue weighted by Gasteiger charge is 2.27. The fraction of sp³-hybridized carbons (Fsp3) is 0.364. The molecule has 0 atom stereocenters. The highest BCUT2D eigenvalue weighted by Crippen LogP contribution is 2.38. The Hall–Kier alpha value is -3.00. The van der Waals surface area contributed by atoms with E-state index >= 15 is 0 Å². The number of hydrazone groups is 1. The lowest BCUT2D eigenvalue weighted by Gasteiger charge is -2.08. The molecular weight excluding hydrogens is 402 g/mol. The third-order valence-corrected chi connectivity index (χ3v) is 6.00. The average molecular weight is 428 g/mol. The largest absolute Gasteiger partial charge is 0.462 e. The zero-order valence-electron chi connectivity index (χ0n) is 17.1. The number of carbonyl (C=O) groups is 3. The van der Waals surface area contributed by atoms with Gasteiger partial charge in [0.05, 0.1) is 18.4 Å². The van der Waals surface area contributed by atoms with Crippen molar-refractivity contribution < 1.29 is 19.1 Å². The highest BCUT2D eigenvalue weighted by atomic mass is 32.1. The van der Waals surface area contributed by atoms with Gasteiger partial charge in [0.15, 0.2) is 0 Å². The zero-order valence-corrected chi connectivity index (χ0v) is 17.9. The minimum atomic E-state index is -0.906. The van der Waals surface area contributed by atoms with E-state index in [1.165, 1.54) is 17.6 Å². The van der Waals surface area contributed by atoms with E-state index in [1.54, 1.807) is 6.92 Å². The Bertz CT molecular complexity index is 964. The molecule has 0 bridgehead atoms. The second kappa shape index (κ2) is 10.2. The predicted octanol–water partition coefficient (Wildman–Crippen LogP) is 3.59. The maximum atomic E-state index is 12.5. The number of hydrogen-bond donors (Lipinski definition) is 2. The molecule has 8 heteroatoms. The summed E-state index contributed by atoms with van der Waals surface area (Å²) in [6.07, 6.45) is 6.21. The standard InChI is InChI=1S/C22H25N3O4S/c1-3-29-22(28)18-16-7-5-4-6-8-17(16)30-21(18)24-19(26)20(27)25-23-13-15-11-9-14(2)10-12-15/h9-13H,3-8H2,1-2H3,(H,24,26)(H,25,27)/b23-13+. The molecule has 158 valence electrons. The summed E-state index contributed by atoms with van der Waals surface area (Å²) in [5, 5.41) is 6.76. The summed E-state index contributed by atoms with van der Waals surface area (Å²) in [6, 6.07) is 7.56. The van der Waals surface area contributed by atoms with Gasteiger partial charge < -0.3 is 10.1 Å². The van der Waals surface area contributed by atoms with Crippen molar-refractivity contribution in [1.29, 1.82) is 0 Å². The predicted molar refractivity (Wildman–Crippen MR) is 117 cm³/mol. The third-order valence-electron chi connectivity index (χ3n) is 4.79. The van der Waals surface area contributed by atoms with Gasteiger partial charge in [-0.1, -0.05) is 36.2 Å². The number of fused-ring (bicyclic) bond motifs is 1. The number of esters is 1. The zero-order chi connectivity index (χ0) is 21.5. The second-order valence-corrected chi connectivity index (χ2v) is 8.16. The Morgan fingerprint density at radius 3 is 2.57 bits per heavy atom. The van der Waals surface area contributed by atoms with Crippen LogP contribution < -0.4 is 10.7 Å². The molecule has 0 aliphatic heterocycles. The van der Waals surface area contributed by atoms with E-state index in [0.717, 1.165) is 53.7 Å². The van der Waals surface area contributed by atoms with Crippen molar-refractivity contribution in [2.75, 3.05) is 11.9 Å². The number of ether oxygens (including phenoxy) is 1. The fourth-order valence-electron chi connectivity index (χ4n) is 3.28. The van der Waals surface area contributed by atoms with E-state index in [-0.39, 0.29) is 6.61 Å². The molecule has 1 aliphatic carbocycles. The number of nitrogens with zero attached hydrogens (tertiary/aromatic N) is 1. The molecule has 1 aromatic heterocycles. The summed E-state index contributed by atoms with van der Waals surface area (Å²) >= 11 is 1.35. The van der Waals surface area contributed by atoms with Gasteiger partial charge >= 0.3 is 17.8 Å². The smallest absolute Gasteiger partial charge is 0.341 e. The molecule has 1 heterocycles. The van der Waals surface area contributed by atoms with Crippen LogP contribution >= 0.6 is 11.3 Å². The molecule has 2 N–H and O–H groups in total. The van der Waals surface area contributed by atoms with E-state index in [1.807, 2.05) is 31.2 Å². The number of thiophene rings is 1. The summed E-state index contributed by atoms with van der Waals surface area (Å²) < 4.78 is 5.19. The maximum Gasteiger partial charge on any atom is 0.341 e. The molecule has 30 heavy (non-hydrogen) atoms. The van der Waals surface area contributed by atoms with Gasteiger partial charge in [0.25, 0.3) is 0 Å². The van der Waals surface area contributed by atoms with Crippen molar-refractivity contribution in [3.8, 4) is 0 Å². The Balaban J connectivity index is 1.71. The number of benzene rings is 1. The van der Waals surface area contributed by atoms with Crippen LogP contribution in [0.4, 0.5) is 5.00 Å². The van der Waals surface area contributed by atoms with Crippen LogP contribution in [-0.2, 0) is 27.2 Å². The molecule has 1 aromatic carbocycles. The number of carbonyl (C=O) groups excluding carboxylic acids is 3. The Morgan fingerprint density at radius 1 is 1.10 bits per heavy atom. The topological polar surface area (TPSA) is 96.9 Å². The summed E-state index contributed by atoms with van der Waals surface area (Å²) in [4.78, 5) is 38.1. The van der Waals surface area contributed by atoms with E-state index in [4.69, 9.17) is 4.74 Å². The van der Waals surface area contributed by atoms with Gasteiger partial charge in [-0.25, -0.2) is 10.2 Å². The molecule has 2 aromatic rings. The number of anilines is 1. The van der Waals surface area contributed by atoms with Crippen molar-refractivity contribution in [2.45, 2.75) is 46.0 Å². The lowest BCUT2D eigenvalue weighted by atomic mass is 10.1. The average Bonchev–Trinajstić information content (AvgIpc) is 2.90. The molecule has 0 spiro atoms. The van der Waals surface area contributed by atoms with Gasteiger partial charge in [-0.05, 0) is 50.7 Å². The SMILES string of the molecule is CCOC(=O)c1c(NC(=O)C(=O)N/N=C/c2ccc(C)cc2)sc2c1CCCCC2.